The van der Waals surface area contributed by atoms with Gasteiger partial charge < -0.3 is 35.4 Å². The molecule has 0 unspecified atom stereocenters. The number of nitrogens with zero attached hydrogens (tertiary/aromatic N) is 1. The van der Waals surface area contributed by atoms with E-state index in [2.05, 4.69) is 48.1 Å². The molecule has 4 N–H and O–H groups in total. The Labute approximate surface area is 283 Å². The van der Waals surface area contributed by atoms with E-state index in [1.54, 1.807) is 18.1 Å². The molecule has 1 spiro atoms. The van der Waals surface area contributed by atoms with E-state index >= 15 is 0 Å². The molecular weight excluding hydrogens is 625 g/mol. The van der Waals surface area contributed by atoms with Crippen molar-refractivity contribution in [1.29, 1.82) is 0 Å². The van der Waals surface area contributed by atoms with Crippen molar-refractivity contribution in [3.05, 3.63) is 83.9 Å². The van der Waals surface area contributed by atoms with Gasteiger partial charge in [-0.15, -0.1) is 0 Å². The maximum absolute atomic E-state index is 14.1. The molecule has 3 aromatic carbocycles. The Balaban J connectivity index is 1.37. The largest absolute Gasteiger partial charge is 0.497 e. The highest BCUT2D eigenvalue weighted by Gasteiger charge is 2.65. The molecule has 0 aliphatic carbocycles. The molecule has 2 fully saturated rings. The minimum Gasteiger partial charge on any atom is -0.497 e. The molecule has 5 atom stereocenters. The van der Waals surface area contributed by atoms with Crippen LogP contribution in [0, 0.1) is 5.92 Å². The van der Waals surface area contributed by atoms with E-state index in [0.29, 0.717) is 23.5 Å². The van der Waals surface area contributed by atoms with Crippen molar-refractivity contribution in [1.82, 2.24) is 10.2 Å². The molecule has 0 aromatic heterocycles. The van der Waals surface area contributed by atoms with Gasteiger partial charge in [0.2, 0.25) is 11.8 Å². The van der Waals surface area contributed by atoms with Gasteiger partial charge in [-0.1, -0.05) is 67.7 Å². The Morgan fingerprint density at radius 3 is 2.52 bits per heavy atom. The second-order valence-corrected chi connectivity index (χ2v) is 18.4. The number of anilines is 2. The third-order valence-corrected chi connectivity index (χ3v) is 14.9. The predicted octanol–water partition coefficient (Wildman–Crippen LogP) is 3.97. The molecule has 254 valence electrons. The fourth-order valence-corrected chi connectivity index (χ4v) is 12.1. The van der Waals surface area contributed by atoms with Crippen LogP contribution in [0.15, 0.2) is 72.8 Å². The summed E-state index contributed by atoms with van der Waals surface area (Å²) >= 11 is 0. The van der Waals surface area contributed by atoms with Gasteiger partial charge in [0.1, 0.15) is 5.75 Å². The summed E-state index contributed by atoms with van der Waals surface area (Å²) in [5.41, 5.74) is 1.39. The number of fused-ring (bicyclic) bond motifs is 2. The van der Waals surface area contributed by atoms with E-state index < -0.39 is 19.8 Å². The number of aliphatic hydroxyl groups is 1. The van der Waals surface area contributed by atoms with Gasteiger partial charge in [0.25, 0.3) is 5.91 Å². The zero-order valence-corrected chi connectivity index (χ0v) is 29.1. The molecular formula is C37H46N4O6Si. The number of rotatable bonds is 11. The second-order valence-electron chi connectivity index (χ2n) is 13.7. The van der Waals surface area contributed by atoms with Crippen LogP contribution in [0.1, 0.15) is 37.3 Å². The summed E-state index contributed by atoms with van der Waals surface area (Å²) in [5, 5.41) is 20.4. The van der Waals surface area contributed by atoms with Gasteiger partial charge in [0, 0.05) is 35.9 Å². The first-order valence-corrected chi connectivity index (χ1v) is 19.9. The number of benzene rings is 3. The molecule has 3 aliphatic heterocycles. The van der Waals surface area contributed by atoms with E-state index in [-0.39, 0.29) is 54.8 Å². The van der Waals surface area contributed by atoms with Crippen molar-refractivity contribution in [2.75, 3.05) is 37.4 Å². The summed E-state index contributed by atoms with van der Waals surface area (Å²) in [5.74, 6) is -0.0500. The van der Waals surface area contributed by atoms with E-state index in [1.807, 2.05) is 54.6 Å². The fraction of sp³-hybridized carbons (Fsp3) is 0.432. The maximum atomic E-state index is 14.1. The zero-order chi connectivity index (χ0) is 34.1. The summed E-state index contributed by atoms with van der Waals surface area (Å²) in [6, 6.07) is 23.0. The third kappa shape index (κ3) is 6.27. The lowest BCUT2D eigenvalue weighted by Crippen LogP contribution is -2.52. The Kier molecular flexibility index (Phi) is 9.75. The van der Waals surface area contributed by atoms with Crippen molar-refractivity contribution in [3.63, 3.8) is 0 Å². The molecule has 0 radical (unpaired) electrons. The Morgan fingerprint density at radius 2 is 1.85 bits per heavy atom. The van der Waals surface area contributed by atoms with Crippen LogP contribution in [-0.4, -0.2) is 74.8 Å². The van der Waals surface area contributed by atoms with Crippen LogP contribution in [0.5, 0.6) is 5.75 Å². The number of carbonyl (C=O) groups excluding carboxylic acids is 3. The van der Waals surface area contributed by atoms with E-state index in [9.17, 15) is 19.5 Å². The van der Waals surface area contributed by atoms with E-state index in [0.717, 1.165) is 30.7 Å². The SMILES string of the molecule is COc1ccc([Si](C)(C)[C@H]2[C@H](CC(=O)N(CCO)Cc3ccccc3)O[C@@]3(C(=O)Nc4ccc(NC(=O)[C@H]5CCCN5)cc43)[C@@H]2C)cc1. The third-order valence-electron chi connectivity index (χ3n) is 10.5. The average Bonchev–Trinajstić information content (AvgIpc) is 3.79. The molecule has 3 aromatic rings. The van der Waals surface area contributed by atoms with E-state index in [1.165, 1.54) is 5.19 Å². The number of carbonyl (C=O) groups is 3. The molecule has 0 bridgehead atoms. The number of methoxy groups -OCH3 is 1. The van der Waals surface area contributed by atoms with Gasteiger partial charge in [-0.25, -0.2) is 0 Å². The normalized spacial score (nSPS) is 24.7. The molecule has 48 heavy (non-hydrogen) atoms. The van der Waals surface area contributed by atoms with Gasteiger partial charge in [0.15, 0.2) is 5.60 Å². The van der Waals surface area contributed by atoms with Crippen molar-refractivity contribution >= 4 is 42.4 Å². The Morgan fingerprint density at radius 1 is 1.10 bits per heavy atom. The summed E-state index contributed by atoms with van der Waals surface area (Å²) in [6.07, 6.45) is 1.21. The first-order valence-electron chi connectivity index (χ1n) is 16.8. The highest BCUT2D eigenvalue weighted by Crippen LogP contribution is 2.59. The lowest BCUT2D eigenvalue weighted by Gasteiger charge is -2.37. The van der Waals surface area contributed by atoms with Gasteiger partial charge in [0.05, 0.1) is 40.4 Å². The van der Waals surface area contributed by atoms with Crippen molar-refractivity contribution in [2.24, 2.45) is 5.92 Å². The number of hydrogen-bond acceptors (Lipinski definition) is 7. The quantitative estimate of drug-likeness (QED) is 0.228. The monoisotopic (exact) mass is 670 g/mol. The molecule has 3 amide bonds. The second kappa shape index (κ2) is 13.8. The molecule has 10 nitrogen and oxygen atoms in total. The van der Waals surface area contributed by atoms with E-state index in [4.69, 9.17) is 9.47 Å². The summed E-state index contributed by atoms with van der Waals surface area (Å²) in [7, 11) is -0.824. The predicted molar refractivity (Wildman–Crippen MR) is 188 cm³/mol. The molecule has 2 saturated heterocycles. The number of ether oxygens (including phenoxy) is 2. The Bertz CT molecular complexity index is 1650. The number of hydrogen-bond donors (Lipinski definition) is 4. The lowest BCUT2D eigenvalue weighted by atomic mass is 9.82. The van der Waals surface area contributed by atoms with Gasteiger partial charge >= 0.3 is 0 Å². The van der Waals surface area contributed by atoms with Crippen LogP contribution >= 0.6 is 0 Å². The molecule has 3 heterocycles. The first kappa shape index (κ1) is 33.9. The minimum absolute atomic E-state index is 0.0581. The van der Waals surface area contributed by atoms with Crippen LogP contribution in [0.3, 0.4) is 0 Å². The summed E-state index contributed by atoms with van der Waals surface area (Å²) in [4.78, 5) is 42.9. The average molecular weight is 671 g/mol. The summed E-state index contributed by atoms with van der Waals surface area (Å²) < 4.78 is 12.4. The molecule has 11 heteroatoms. The van der Waals surface area contributed by atoms with Crippen molar-refractivity contribution < 1.29 is 29.0 Å². The van der Waals surface area contributed by atoms with Crippen LogP contribution in [0.2, 0.25) is 18.6 Å². The van der Waals surface area contributed by atoms with Crippen LogP contribution in [0.25, 0.3) is 0 Å². The van der Waals surface area contributed by atoms with Gasteiger partial charge in [-0.2, -0.15) is 0 Å². The highest BCUT2D eigenvalue weighted by molar-refractivity contribution is 6.91. The topological polar surface area (TPSA) is 129 Å². The first-order chi connectivity index (χ1) is 23.1. The lowest BCUT2D eigenvalue weighted by molar-refractivity contribution is -0.148. The molecule has 6 rings (SSSR count). The maximum Gasteiger partial charge on any atom is 0.261 e. The van der Waals surface area contributed by atoms with Crippen LogP contribution < -0.4 is 25.9 Å². The molecule has 0 saturated carbocycles. The Hall–Kier alpha value is -4.03. The highest BCUT2D eigenvalue weighted by atomic mass is 28.3. The standard InChI is InChI=1S/C37H46N4O6Si/c1-24-34(48(3,4)28-15-13-27(46-2)14-16-28)32(22-33(43)41(19-20-42)23-25-9-6-5-7-10-25)47-37(24)29-21-26(12-17-30(29)40-36(37)45)39-35(44)31-11-8-18-38-31/h5-7,9-10,12-17,21,24,31-32,34,38,42H,8,11,18-20,22-23H2,1-4H3,(H,39,44)(H,40,45)/t24-,31-,32+,34-,37+/m1/s1. The van der Waals surface area contributed by atoms with Crippen LogP contribution in [0.4, 0.5) is 11.4 Å². The van der Waals surface area contributed by atoms with Crippen LogP contribution in [-0.2, 0) is 31.3 Å². The number of nitrogens with one attached hydrogen (secondary N) is 3. The van der Waals surface area contributed by atoms with Crippen molar-refractivity contribution in [3.8, 4) is 5.75 Å². The molecule has 3 aliphatic rings. The van der Waals surface area contributed by atoms with Gasteiger partial charge in [-0.3, -0.25) is 14.4 Å². The summed E-state index contributed by atoms with van der Waals surface area (Å²) in [6.45, 7) is 7.79. The van der Waals surface area contributed by atoms with Gasteiger partial charge in [-0.05, 0) is 60.8 Å². The number of amides is 3. The zero-order valence-electron chi connectivity index (χ0n) is 28.1. The number of aliphatic hydroxyl groups excluding tert-OH is 1. The van der Waals surface area contributed by atoms with Crippen molar-refractivity contribution in [2.45, 2.75) is 69.1 Å². The fourth-order valence-electron chi connectivity index (χ4n) is 8.07. The minimum atomic E-state index is -2.46. The smallest absolute Gasteiger partial charge is 0.261 e.